The molecular weight excluding hydrogens is 230 g/mol. The molecule has 1 unspecified atom stereocenters. The van der Waals surface area contributed by atoms with Crippen LogP contribution in [0.1, 0.15) is 43.0 Å². The number of hydrogen-bond donors (Lipinski definition) is 1. The lowest BCUT2D eigenvalue weighted by molar-refractivity contribution is 0.0243. The Morgan fingerprint density at radius 3 is 2.88 bits per heavy atom. The molecule has 1 aliphatic rings. The number of thiophene rings is 1. The molecule has 0 aliphatic carbocycles. The fourth-order valence-electron chi connectivity index (χ4n) is 2.79. The molecule has 1 aromatic rings. The quantitative estimate of drug-likeness (QED) is 0.894. The van der Waals surface area contributed by atoms with Crippen LogP contribution in [0.5, 0.6) is 0 Å². The topological polar surface area (TPSA) is 23.5 Å². The highest BCUT2D eigenvalue weighted by atomic mass is 32.1. The predicted molar refractivity (Wildman–Crippen MR) is 73.5 cm³/mol. The van der Waals surface area contributed by atoms with E-state index in [-0.39, 0.29) is 0 Å². The SMILES string of the molecule is CCCN1CCCC(O)(c2sccc2C)CC1. The number of likely N-dealkylation sites (tertiary alicyclic amines) is 1. The third kappa shape index (κ3) is 2.90. The van der Waals surface area contributed by atoms with Gasteiger partial charge in [-0.3, -0.25) is 0 Å². The Labute approximate surface area is 108 Å². The van der Waals surface area contributed by atoms with E-state index in [2.05, 4.69) is 30.2 Å². The Morgan fingerprint density at radius 1 is 1.41 bits per heavy atom. The second-order valence-electron chi connectivity index (χ2n) is 5.16. The van der Waals surface area contributed by atoms with Gasteiger partial charge in [-0.15, -0.1) is 11.3 Å². The Morgan fingerprint density at radius 2 is 2.24 bits per heavy atom. The fourth-order valence-corrected chi connectivity index (χ4v) is 3.88. The Bertz CT molecular complexity index is 363. The summed E-state index contributed by atoms with van der Waals surface area (Å²) in [6.07, 6.45) is 4.10. The maximum atomic E-state index is 10.9. The molecule has 0 spiro atoms. The summed E-state index contributed by atoms with van der Waals surface area (Å²) in [6, 6.07) is 2.12. The zero-order valence-corrected chi connectivity index (χ0v) is 11.7. The van der Waals surface area contributed by atoms with Crippen LogP contribution in [0.3, 0.4) is 0 Å². The van der Waals surface area contributed by atoms with Crippen molar-refractivity contribution in [2.24, 2.45) is 0 Å². The van der Waals surface area contributed by atoms with Crippen LogP contribution in [-0.2, 0) is 5.60 Å². The number of rotatable bonds is 3. The Hall–Kier alpha value is -0.380. The molecule has 1 aliphatic heterocycles. The van der Waals surface area contributed by atoms with Gasteiger partial charge in [0.05, 0.1) is 0 Å². The van der Waals surface area contributed by atoms with Crippen LogP contribution in [-0.4, -0.2) is 29.6 Å². The molecule has 0 bridgehead atoms. The minimum atomic E-state index is -0.569. The van der Waals surface area contributed by atoms with Gasteiger partial charge >= 0.3 is 0 Å². The molecule has 1 atom stereocenters. The van der Waals surface area contributed by atoms with Crippen LogP contribution in [0.4, 0.5) is 0 Å². The molecule has 0 aromatic carbocycles. The van der Waals surface area contributed by atoms with Crippen molar-refractivity contribution >= 4 is 11.3 Å². The van der Waals surface area contributed by atoms with Crippen LogP contribution in [0.25, 0.3) is 0 Å². The molecule has 0 radical (unpaired) electrons. The Balaban J connectivity index is 2.09. The van der Waals surface area contributed by atoms with Crippen molar-refractivity contribution < 1.29 is 5.11 Å². The minimum Gasteiger partial charge on any atom is -0.384 e. The van der Waals surface area contributed by atoms with E-state index < -0.39 is 5.60 Å². The van der Waals surface area contributed by atoms with Gasteiger partial charge in [-0.1, -0.05) is 6.92 Å². The first-order valence-corrected chi connectivity index (χ1v) is 7.53. The van der Waals surface area contributed by atoms with Crippen molar-refractivity contribution in [2.75, 3.05) is 19.6 Å². The lowest BCUT2D eigenvalue weighted by Gasteiger charge is -2.26. The lowest BCUT2D eigenvalue weighted by Crippen LogP contribution is -2.29. The molecule has 1 aromatic heterocycles. The molecule has 3 heteroatoms. The molecule has 2 nitrogen and oxygen atoms in total. The first-order valence-electron chi connectivity index (χ1n) is 6.65. The van der Waals surface area contributed by atoms with E-state index in [1.165, 1.54) is 23.4 Å². The highest BCUT2D eigenvalue weighted by Crippen LogP contribution is 2.37. The third-order valence-corrected chi connectivity index (χ3v) is 4.94. The van der Waals surface area contributed by atoms with Gasteiger partial charge in [0, 0.05) is 11.4 Å². The highest BCUT2D eigenvalue weighted by molar-refractivity contribution is 7.10. The minimum absolute atomic E-state index is 0.569. The number of nitrogens with zero attached hydrogens (tertiary/aromatic N) is 1. The average Bonchev–Trinajstić information content (AvgIpc) is 2.64. The molecule has 0 amide bonds. The average molecular weight is 253 g/mol. The normalized spacial score (nSPS) is 27.0. The van der Waals surface area contributed by atoms with Gasteiger partial charge < -0.3 is 10.0 Å². The molecular formula is C14H23NOS. The van der Waals surface area contributed by atoms with Crippen molar-refractivity contribution in [3.8, 4) is 0 Å². The van der Waals surface area contributed by atoms with E-state index in [9.17, 15) is 5.11 Å². The van der Waals surface area contributed by atoms with Crippen molar-refractivity contribution in [3.05, 3.63) is 21.9 Å². The van der Waals surface area contributed by atoms with Gasteiger partial charge in [0.15, 0.2) is 0 Å². The zero-order valence-electron chi connectivity index (χ0n) is 10.9. The summed E-state index contributed by atoms with van der Waals surface area (Å²) in [5.41, 5.74) is 0.683. The third-order valence-electron chi connectivity index (χ3n) is 3.73. The number of aryl methyl sites for hydroxylation is 1. The molecule has 1 saturated heterocycles. The maximum Gasteiger partial charge on any atom is 0.100 e. The van der Waals surface area contributed by atoms with E-state index >= 15 is 0 Å². The first kappa shape index (κ1) is 13.1. The standard InChI is InChI=1S/C14H23NOS/c1-3-8-15-9-4-6-14(16,7-10-15)13-12(2)5-11-17-13/h5,11,16H,3-4,6-10H2,1-2H3. The molecule has 2 heterocycles. The molecule has 1 N–H and O–H groups in total. The molecule has 0 saturated carbocycles. The molecule has 1 fully saturated rings. The van der Waals surface area contributed by atoms with Crippen molar-refractivity contribution in [3.63, 3.8) is 0 Å². The largest absolute Gasteiger partial charge is 0.384 e. The van der Waals surface area contributed by atoms with Gasteiger partial charge in [-0.25, -0.2) is 0 Å². The maximum absolute atomic E-state index is 10.9. The van der Waals surface area contributed by atoms with Crippen LogP contribution in [0.15, 0.2) is 11.4 Å². The zero-order chi connectivity index (χ0) is 12.3. The van der Waals surface area contributed by atoms with Crippen LogP contribution < -0.4 is 0 Å². The number of hydrogen-bond acceptors (Lipinski definition) is 3. The second-order valence-corrected chi connectivity index (χ2v) is 6.08. The summed E-state index contributed by atoms with van der Waals surface area (Å²) in [4.78, 5) is 3.68. The van der Waals surface area contributed by atoms with Crippen molar-refractivity contribution in [1.82, 2.24) is 4.90 Å². The number of aliphatic hydroxyl groups is 1. The van der Waals surface area contributed by atoms with Gasteiger partial charge in [0.1, 0.15) is 5.60 Å². The lowest BCUT2D eigenvalue weighted by atomic mass is 9.91. The summed E-state index contributed by atoms with van der Waals surface area (Å²) in [5, 5.41) is 13.0. The Kier molecular flexibility index (Phi) is 4.23. The second kappa shape index (κ2) is 5.51. The summed E-state index contributed by atoms with van der Waals surface area (Å²) in [5.74, 6) is 0. The van der Waals surface area contributed by atoms with Gasteiger partial charge in [-0.05, 0) is 62.7 Å². The van der Waals surface area contributed by atoms with Crippen molar-refractivity contribution in [2.45, 2.75) is 45.1 Å². The van der Waals surface area contributed by atoms with Gasteiger partial charge in [0.25, 0.3) is 0 Å². The predicted octanol–water partition coefficient (Wildman–Crippen LogP) is 3.14. The van der Waals surface area contributed by atoms with Crippen LogP contribution >= 0.6 is 11.3 Å². The first-order chi connectivity index (χ1) is 8.15. The molecule has 96 valence electrons. The van der Waals surface area contributed by atoms with Crippen molar-refractivity contribution in [1.29, 1.82) is 0 Å². The van der Waals surface area contributed by atoms with E-state index in [4.69, 9.17) is 0 Å². The smallest absolute Gasteiger partial charge is 0.100 e. The van der Waals surface area contributed by atoms with Gasteiger partial charge in [0.2, 0.25) is 0 Å². The summed E-state index contributed by atoms with van der Waals surface area (Å²) in [7, 11) is 0. The van der Waals surface area contributed by atoms with E-state index in [1.807, 2.05) is 0 Å². The van der Waals surface area contributed by atoms with E-state index in [0.29, 0.717) is 0 Å². The summed E-state index contributed by atoms with van der Waals surface area (Å²) in [6.45, 7) is 7.67. The van der Waals surface area contributed by atoms with Crippen LogP contribution in [0.2, 0.25) is 0 Å². The molecule has 17 heavy (non-hydrogen) atoms. The van der Waals surface area contributed by atoms with E-state index in [0.717, 1.165) is 32.4 Å². The van der Waals surface area contributed by atoms with Gasteiger partial charge in [-0.2, -0.15) is 0 Å². The summed E-state index contributed by atoms with van der Waals surface area (Å²) < 4.78 is 0. The summed E-state index contributed by atoms with van der Waals surface area (Å²) >= 11 is 1.71. The monoisotopic (exact) mass is 253 g/mol. The van der Waals surface area contributed by atoms with Crippen LogP contribution in [0, 0.1) is 6.92 Å². The highest BCUT2D eigenvalue weighted by Gasteiger charge is 2.33. The molecule has 2 rings (SSSR count). The fraction of sp³-hybridized carbons (Fsp3) is 0.714. The van der Waals surface area contributed by atoms with E-state index in [1.54, 1.807) is 11.3 Å².